The van der Waals surface area contributed by atoms with Crippen molar-refractivity contribution < 1.29 is 14.3 Å². The molecule has 0 aliphatic heterocycles. The molecule has 1 aromatic rings. The molecule has 0 aromatic heterocycles. The Morgan fingerprint density at radius 1 is 1.47 bits per heavy atom. The van der Waals surface area contributed by atoms with E-state index in [2.05, 4.69) is 5.16 Å². The van der Waals surface area contributed by atoms with Gasteiger partial charge in [0, 0.05) is 12.0 Å². The van der Waals surface area contributed by atoms with Gasteiger partial charge in [-0.05, 0) is 19.1 Å². The SMILES string of the molecule is C/C(=N/O)c1ccccc1OCCCF. The van der Waals surface area contributed by atoms with Gasteiger partial charge in [0.15, 0.2) is 0 Å². The largest absolute Gasteiger partial charge is 0.493 e. The topological polar surface area (TPSA) is 41.8 Å². The lowest BCUT2D eigenvalue weighted by atomic mass is 10.1. The molecule has 4 heteroatoms. The van der Waals surface area contributed by atoms with Gasteiger partial charge in [0.25, 0.3) is 0 Å². The number of hydrogen-bond donors (Lipinski definition) is 1. The molecule has 82 valence electrons. The van der Waals surface area contributed by atoms with Crippen LogP contribution in [0, 0.1) is 0 Å². The summed E-state index contributed by atoms with van der Waals surface area (Å²) in [6.45, 7) is 1.61. The highest BCUT2D eigenvalue weighted by atomic mass is 19.1. The molecule has 1 rings (SSSR count). The number of hydrogen-bond acceptors (Lipinski definition) is 3. The van der Waals surface area contributed by atoms with Gasteiger partial charge in [-0.25, -0.2) is 0 Å². The molecular weight excluding hydrogens is 197 g/mol. The molecular formula is C11H14FNO2. The van der Waals surface area contributed by atoms with Crippen molar-refractivity contribution in [3.8, 4) is 5.75 Å². The van der Waals surface area contributed by atoms with Crippen LogP contribution in [-0.2, 0) is 0 Å². The summed E-state index contributed by atoms with van der Waals surface area (Å²) in [4.78, 5) is 0. The highest BCUT2D eigenvalue weighted by Crippen LogP contribution is 2.18. The first-order valence-electron chi connectivity index (χ1n) is 4.76. The molecule has 0 fully saturated rings. The zero-order valence-electron chi connectivity index (χ0n) is 8.61. The van der Waals surface area contributed by atoms with E-state index in [0.717, 1.165) is 5.56 Å². The molecule has 0 aliphatic carbocycles. The zero-order chi connectivity index (χ0) is 11.1. The van der Waals surface area contributed by atoms with Crippen molar-refractivity contribution in [2.45, 2.75) is 13.3 Å². The first-order valence-corrected chi connectivity index (χ1v) is 4.76. The Labute approximate surface area is 88.2 Å². The first-order chi connectivity index (χ1) is 7.29. The smallest absolute Gasteiger partial charge is 0.128 e. The van der Waals surface area contributed by atoms with Gasteiger partial charge in [-0.3, -0.25) is 4.39 Å². The van der Waals surface area contributed by atoms with Gasteiger partial charge >= 0.3 is 0 Å². The van der Waals surface area contributed by atoms with Crippen LogP contribution in [-0.4, -0.2) is 24.2 Å². The van der Waals surface area contributed by atoms with Crippen LogP contribution < -0.4 is 4.74 Å². The van der Waals surface area contributed by atoms with E-state index in [1.165, 1.54) is 0 Å². The third kappa shape index (κ3) is 3.23. The van der Waals surface area contributed by atoms with Crippen LogP contribution in [0.3, 0.4) is 0 Å². The minimum absolute atomic E-state index is 0.326. The standard InChI is InChI=1S/C11H14FNO2/c1-9(13-14)10-5-2-3-6-11(10)15-8-4-7-12/h2-3,5-6,14H,4,7-8H2,1H3/b13-9-. The highest BCUT2D eigenvalue weighted by molar-refractivity contribution is 6.00. The van der Waals surface area contributed by atoms with Gasteiger partial charge in [-0.1, -0.05) is 17.3 Å². The Morgan fingerprint density at radius 3 is 2.87 bits per heavy atom. The molecule has 15 heavy (non-hydrogen) atoms. The number of rotatable bonds is 5. The summed E-state index contributed by atoms with van der Waals surface area (Å²) in [5.41, 5.74) is 1.20. The van der Waals surface area contributed by atoms with Crippen LogP contribution in [0.15, 0.2) is 29.4 Å². The number of ether oxygens (including phenoxy) is 1. The summed E-state index contributed by atoms with van der Waals surface area (Å²) in [5.74, 6) is 0.612. The third-order valence-electron chi connectivity index (χ3n) is 1.96. The molecule has 0 aliphatic rings. The second kappa shape index (κ2) is 6.01. The summed E-state index contributed by atoms with van der Waals surface area (Å²) in [6, 6.07) is 7.20. The maximum atomic E-state index is 11.9. The zero-order valence-corrected chi connectivity index (χ0v) is 8.61. The van der Waals surface area contributed by atoms with E-state index in [1.807, 2.05) is 12.1 Å². The Morgan fingerprint density at radius 2 is 2.20 bits per heavy atom. The van der Waals surface area contributed by atoms with Crippen LogP contribution in [0.5, 0.6) is 5.75 Å². The second-order valence-electron chi connectivity index (χ2n) is 3.07. The minimum atomic E-state index is -0.394. The predicted molar refractivity (Wildman–Crippen MR) is 56.5 cm³/mol. The lowest BCUT2D eigenvalue weighted by Gasteiger charge is -2.09. The molecule has 0 atom stereocenters. The van der Waals surface area contributed by atoms with Crippen LogP contribution in [0.25, 0.3) is 0 Å². The monoisotopic (exact) mass is 211 g/mol. The van der Waals surface area contributed by atoms with Crippen molar-refractivity contribution >= 4 is 5.71 Å². The quantitative estimate of drug-likeness (QED) is 0.352. The second-order valence-corrected chi connectivity index (χ2v) is 3.07. The molecule has 0 heterocycles. The molecule has 0 bridgehead atoms. The predicted octanol–water partition coefficient (Wildman–Crippen LogP) is 2.62. The summed E-state index contributed by atoms with van der Waals surface area (Å²) in [5, 5.41) is 11.8. The van der Waals surface area contributed by atoms with E-state index in [0.29, 0.717) is 24.5 Å². The molecule has 1 aromatic carbocycles. The van der Waals surface area contributed by atoms with Gasteiger partial charge in [0.1, 0.15) is 5.75 Å². The van der Waals surface area contributed by atoms with E-state index in [9.17, 15) is 4.39 Å². The molecule has 0 unspecified atom stereocenters. The van der Waals surface area contributed by atoms with Crippen LogP contribution in [0.4, 0.5) is 4.39 Å². The molecule has 0 saturated heterocycles. The van der Waals surface area contributed by atoms with Crippen LogP contribution in [0.1, 0.15) is 18.9 Å². The normalized spacial score (nSPS) is 11.5. The van der Waals surface area contributed by atoms with E-state index in [4.69, 9.17) is 9.94 Å². The van der Waals surface area contributed by atoms with Crippen LogP contribution >= 0.6 is 0 Å². The van der Waals surface area contributed by atoms with Crippen molar-refractivity contribution in [2.75, 3.05) is 13.3 Å². The average Bonchev–Trinajstić information content (AvgIpc) is 2.29. The van der Waals surface area contributed by atoms with E-state index >= 15 is 0 Å². The van der Waals surface area contributed by atoms with Crippen LogP contribution in [0.2, 0.25) is 0 Å². The molecule has 0 radical (unpaired) electrons. The molecule has 1 N–H and O–H groups in total. The van der Waals surface area contributed by atoms with Gasteiger partial charge in [0.2, 0.25) is 0 Å². The van der Waals surface area contributed by atoms with Gasteiger partial charge in [-0.2, -0.15) is 0 Å². The van der Waals surface area contributed by atoms with E-state index < -0.39 is 6.67 Å². The number of benzene rings is 1. The summed E-state index contributed by atoms with van der Waals surface area (Å²) >= 11 is 0. The Balaban J connectivity index is 2.77. The molecule has 3 nitrogen and oxygen atoms in total. The van der Waals surface area contributed by atoms with E-state index in [1.54, 1.807) is 19.1 Å². The lowest BCUT2D eigenvalue weighted by molar-refractivity contribution is 0.288. The van der Waals surface area contributed by atoms with Crippen molar-refractivity contribution in [3.05, 3.63) is 29.8 Å². The maximum absolute atomic E-state index is 11.9. The van der Waals surface area contributed by atoms with Crippen molar-refractivity contribution in [2.24, 2.45) is 5.16 Å². The summed E-state index contributed by atoms with van der Waals surface area (Å²) in [6.07, 6.45) is 0.365. The van der Waals surface area contributed by atoms with Gasteiger partial charge in [-0.15, -0.1) is 0 Å². The van der Waals surface area contributed by atoms with E-state index in [-0.39, 0.29) is 0 Å². The van der Waals surface area contributed by atoms with Crippen molar-refractivity contribution in [1.82, 2.24) is 0 Å². The Hall–Kier alpha value is -1.58. The first kappa shape index (κ1) is 11.5. The summed E-state index contributed by atoms with van der Waals surface area (Å²) < 4.78 is 17.2. The number of oxime groups is 1. The fourth-order valence-corrected chi connectivity index (χ4v) is 1.18. The number of alkyl halides is 1. The highest BCUT2D eigenvalue weighted by Gasteiger charge is 2.05. The lowest BCUT2D eigenvalue weighted by Crippen LogP contribution is -2.03. The summed E-state index contributed by atoms with van der Waals surface area (Å²) in [7, 11) is 0. The Bertz CT molecular complexity index is 339. The van der Waals surface area contributed by atoms with Crippen molar-refractivity contribution in [3.63, 3.8) is 0 Å². The van der Waals surface area contributed by atoms with Crippen molar-refractivity contribution in [1.29, 1.82) is 0 Å². The maximum Gasteiger partial charge on any atom is 0.128 e. The fraction of sp³-hybridized carbons (Fsp3) is 0.364. The fourth-order valence-electron chi connectivity index (χ4n) is 1.18. The number of nitrogens with zero attached hydrogens (tertiary/aromatic N) is 1. The Kier molecular flexibility index (Phi) is 4.60. The third-order valence-corrected chi connectivity index (χ3v) is 1.96. The van der Waals surface area contributed by atoms with Gasteiger partial charge < -0.3 is 9.94 Å². The molecule has 0 amide bonds. The van der Waals surface area contributed by atoms with Gasteiger partial charge in [0.05, 0.1) is 19.0 Å². The number of para-hydroxylation sites is 1. The minimum Gasteiger partial charge on any atom is -0.493 e. The number of halogens is 1. The molecule has 0 saturated carbocycles. The molecule has 0 spiro atoms. The average molecular weight is 211 g/mol.